The molecule has 0 N–H and O–H groups in total. The Morgan fingerprint density at radius 3 is 2.83 bits per heavy atom. The second kappa shape index (κ2) is 4.84. The zero-order chi connectivity index (χ0) is 12.4. The quantitative estimate of drug-likeness (QED) is 0.550. The van der Waals surface area contributed by atoms with Crippen LogP contribution in [-0.2, 0) is 6.42 Å². The van der Waals surface area contributed by atoms with Gasteiger partial charge in [0.25, 0.3) is 0 Å². The van der Waals surface area contributed by atoms with Gasteiger partial charge in [-0.1, -0.05) is 0 Å². The van der Waals surface area contributed by atoms with E-state index in [1.54, 1.807) is 24.5 Å². The van der Waals surface area contributed by atoms with Crippen molar-refractivity contribution < 1.29 is 4.79 Å². The van der Waals surface area contributed by atoms with Gasteiger partial charge in [-0.2, -0.15) is 0 Å². The van der Waals surface area contributed by atoms with Gasteiger partial charge in [-0.25, -0.2) is 0 Å². The Hall–Kier alpha value is -1.77. The van der Waals surface area contributed by atoms with Crippen molar-refractivity contribution in [2.45, 2.75) is 6.42 Å². The Morgan fingerprint density at radius 2 is 2.06 bits per heavy atom. The molecule has 0 aliphatic carbocycles. The number of benzene rings is 1. The van der Waals surface area contributed by atoms with E-state index >= 15 is 0 Å². The van der Waals surface area contributed by atoms with E-state index in [9.17, 15) is 4.79 Å². The fraction of sp³-hybridized carbons (Fsp3) is 0.0714. The van der Waals surface area contributed by atoms with Gasteiger partial charge in [-0.05, 0) is 0 Å². The molecule has 0 aliphatic heterocycles. The van der Waals surface area contributed by atoms with Crippen molar-refractivity contribution in [1.29, 1.82) is 0 Å². The van der Waals surface area contributed by atoms with Crippen LogP contribution < -0.4 is 0 Å². The first-order chi connectivity index (χ1) is 8.83. The molecule has 3 aromatic rings. The Kier molecular flexibility index (Phi) is 3.05. The van der Waals surface area contributed by atoms with E-state index in [1.165, 1.54) is 4.26 Å². The Balaban J connectivity index is 1.86. The van der Waals surface area contributed by atoms with E-state index in [1.807, 2.05) is 18.2 Å². The summed E-state index contributed by atoms with van der Waals surface area (Å²) in [5.74, 6) is 0.0940. The molecule has 0 saturated carbocycles. The topological polar surface area (TPSA) is 42.9 Å². The minimum atomic E-state index is 0.0940. The first-order valence-electron chi connectivity index (χ1n) is 5.60. The second-order valence-corrected chi connectivity index (χ2v) is 6.26. The summed E-state index contributed by atoms with van der Waals surface area (Å²) >= 11 is 0.189. The van der Waals surface area contributed by atoms with Gasteiger partial charge in [0.15, 0.2) is 0 Å². The first kappa shape index (κ1) is 11.3. The van der Waals surface area contributed by atoms with Crippen LogP contribution in [0.3, 0.4) is 0 Å². The maximum absolute atomic E-state index is 12.0. The van der Waals surface area contributed by atoms with Crippen molar-refractivity contribution in [1.82, 2.24) is 9.97 Å². The fourth-order valence-corrected chi connectivity index (χ4v) is 3.79. The van der Waals surface area contributed by atoms with Gasteiger partial charge in [0.1, 0.15) is 0 Å². The molecule has 1 aromatic carbocycles. The van der Waals surface area contributed by atoms with E-state index in [-0.39, 0.29) is 20.3 Å². The molecule has 2 aromatic heterocycles. The van der Waals surface area contributed by atoms with Crippen molar-refractivity contribution in [2.75, 3.05) is 0 Å². The van der Waals surface area contributed by atoms with Crippen LogP contribution in [0.15, 0.2) is 48.8 Å². The van der Waals surface area contributed by atoms with Gasteiger partial charge >= 0.3 is 110 Å². The Bertz CT molecular complexity index is 658. The Labute approximate surface area is 110 Å². The molecule has 0 radical (unpaired) electrons. The second-order valence-electron chi connectivity index (χ2n) is 3.92. The van der Waals surface area contributed by atoms with Crippen LogP contribution in [0.1, 0.15) is 14.9 Å². The molecule has 88 valence electrons. The molecule has 4 heteroatoms. The fourth-order valence-electron chi connectivity index (χ4n) is 1.76. The number of rotatable bonds is 3. The van der Waals surface area contributed by atoms with Gasteiger partial charge in [0, 0.05) is 0 Å². The van der Waals surface area contributed by atoms with E-state index in [0.717, 1.165) is 10.1 Å². The summed E-state index contributed by atoms with van der Waals surface area (Å²) in [5.41, 5.74) is 1.68. The van der Waals surface area contributed by atoms with Crippen molar-refractivity contribution in [2.24, 2.45) is 0 Å². The van der Waals surface area contributed by atoms with Gasteiger partial charge in [0.2, 0.25) is 0 Å². The standard InChI is InChI=1S/C14H10N2OSe/c17-12(10-4-3-7-15-9-10)8-14-16-11-5-1-2-6-13(11)18-14/h1-7,9H,8H2. The number of hydrogen-bond acceptors (Lipinski definition) is 3. The molecular formula is C14H10N2OSe. The van der Waals surface area contributed by atoms with Gasteiger partial charge < -0.3 is 0 Å². The molecule has 0 atom stereocenters. The van der Waals surface area contributed by atoms with Crippen LogP contribution in [-0.4, -0.2) is 30.3 Å². The van der Waals surface area contributed by atoms with Gasteiger partial charge in [-0.15, -0.1) is 0 Å². The van der Waals surface area contributed by atoms with E-state index in [4.69, 9.17) is 0 Å². The van der Waals surface area contributed by atoms with Crippen molar-refractivity contribution in [3.8, 4) is 0 Å². The number of fused-ring (bicyclic) bond motifs is 1. The zero-order valence-electron chi connectivity index (χ0n) is 9.54. The molecular weight excluding hydrogens is 291 g/mol. The predicted molar refractivity (Wildman–Crippen MR) is 71.0 cm³/mol. The molecule has 0 aliphatic rings. The number of pyridine rings is 1. The SMILES string of the molecule is O=C(Cc1nc2ccccc2[se]1)c1cccnc1. The average Bonchev–Trinajstić information content (AvgIpc) is 2.82. The van der Waals surface area contributed by atoms with Crippen molar-refractivity contribution in [3.05, 3.63) is 58.9 Å². The average molecular weight is 301 g/mol. The molecule has 0 amide bonds. The van der Waals surface area contributed by atoms with E-state index < -0.39 is 0 Å². The maximum atomic E-state index is 12.0. The van der Waals surface area contributed by atoms with Gasteiger partial charge in [-0.3, -0.25) is 0 Å². The van der Waals surface area contributed by atoms with Crippen LogP contribution in [0.2, 0.25) is 0 Å². The van der Waals surface area contributed by atoms with Crippen LogP contribution in [0, 0.1) is 0 Å². The number of Topliss-reactive ketones (excluding diaryl/α,β-unsaturated/α-hetero) is 1. The third kappa shape index (κ3) is 2.26. The van der Waals surface area contributed by atoms with Crippen LogP contribution in [0.25, 0.3) is 9.78 Å². The molecule has 2 heterocycles. The van der Waals surface area contributed by atoms with Crippen molar-refractivity contribution >= 4 is 30.1 Å². The summed E-state index contributed by atoms with van der Waals surface area (Å²) in [6.07, 6.45) is 3.68. The molecule has 3 rings (SSSR count). The summed E-state index contributed by atoms with van der Waals surface area (Å²) < 4.78 is 2.26. The van der Waals surface area contributed by atoms with E-state index in [0.29, 0.717) is 12.0 Å². The van der Waals surface area contributed by atoms with Crippen LogP contribution in [0.5, 0.6) is 0 Å². The van der Waals surface area contributed by atoms with Crippen molar-refractivity contribution in [3.63, 3.8) is 0 Å². The number of carbonyl (C=O) groups excluding carboxylic acids is 1. The normalized spacial score (nSPS) is 10.7. The molecule has 3 nitrogen and oxygen atoms in total. The molecule has 0 spiro atoms. The summed E-state index contributed by atoms with van der Waals surface area (Å²) in [4.78, 5) is 20.5. The molecule has 0 unspecified atom stereocenters. The number of ketones is 1. The summed E-state index contributed by atoms with van der Waals surface area (Å²) in [5, 5.41) is 0. The zero-order valence-corrected chi connectivity index (χ0v) is 11.2. The van der Waals surface area contributed by atoms with Gasteiger partial charge in [0.05, 0.1) is 0 Å². The Morgan fingerprint density at radius 1 is 1.17 bits per heavy atom. The summed E-state index contributed by atoms with van der Waals surface area (Å²) in [6, 6.07) is 11.7. The molecule has 0 saturated heterocycles. The molecule has 18 heavy (non-hydrogen) atoms. The van der Waals surface area contributed by atoms with Crippen LogP contribution >= 0.6 is 0 Å². The number of nitrogens with zero attached hydrogens (tertiary/aromatic N) is 2. The third-order valence-corrected chi connectivity index (χ3v) is 4.81. The number of aromatic nitrogens is 2. The first-order valence-corrected chi connectivity index (χ1v) is 7.32. The third-order valence-electron chi connectivity index (χ3n) is 2.63. The summed E-state index contributed by atoms with van der Waals surface area (Å²) in [7, 11) is 0. The predicted octanol–water partition coefficient (Wildman–Crippen LogP) is 2.11. The van der Waals surface area contributed by atoms with E-state index in [2.05, 4.69) is 16.0 Å². The van der Waals surface area contributed by atoms with Crippen LogP contribution in [0.4, 0.5) is 0 Å². The number of carbonyl (C=O) groups is 1. The molecule has 0 fully saturated rings. The summed E-state index contributed by atoms with van der Waals surface area (Å²) in [6.45, 7) is 0. The minimum absolute atomic E-state index is 0.0940. The number of hydrogen-bond donors (Lipinski definition) is 0. The number of para-hydroxylation sites is 1. The monoisotopic (exact) mass is 302 g/mol. The molecule has 0 bridgehead atoms.